The zero-order valence-electron chi connectivity index (χ0n) is 6.07. The Morgan fingerprint density at radius 2 is 2.45 bits per heavy atom. The molecule has 0 unspecified atom stereocenters. The number of carbonyl (C=O) groups is 1. The number of hydrogen-bond donors (Lipinski definition) is 0. The van der Waals surface area contributed by atoms with E-state index in [0.717, 1.165) is 0 Å². The normalized spacial score (nSPS) is 14.1. The first-order valence-corrected chi connectivity index (χ1v) is 3.09. The predicted octanol–water partition coefficient (Wildman–Crippen LogP) is 0.839. The van der Waals surface area contributed by atoms with Gasteiger partial charge in [0, 0.05) is 12.1 Å². The maximum absolute atomic E-state index is 10.9. The average Bonchev–Trinajstić information content (AvgIpc) is 2.30. The molecule has 0 radical (unpaired) electrons. The highest BCUT2D eigenvalue weighted by Crippen LogP contribution is 1.97. The summed E-state index contributed by atoms with van der Waals surface area (Å²) in [6.45, 7) is 0. The number of esters is 1. The Morgan fingerprint density at radius 1 is 1.64 bits per heavy atom. The summed E-state index contributed by atoms with van der Waals surface area (Å²) in [4.78, 5) is 14.5. The summed E-state index contributed by atoms with van der Waals surface area (Å²) >= 11 is 0. The first-order chi connectivity index (χ1) is 5.34. The van der Waals surface area contributed by atoms with Gasteiger partial charge in [-0.2, -0.15) is 0 Å². The van der Waals surface area contributed by atoms with Crippen molar-refractivity contribution in [3.05, 3.63) is 30.0 Å². The predicted molar refractivity (Wildman–Crippen MR) is 41.2 cm³/mol. The fourth-order valence-electron chi connectivity index (χ4n) is 0.612. The van der Waals surface area contributed by atoms with E-state index in [1.165, 1.54) is 7.11 Å². The summed E-state index contributed by atoms with van der Waals surface area (Å²) < 4.78 is 4.47. The van der Waals surface area contributed by atoms with Crippen LogP contribution in [0.4, 0.5) is 0 Å². The first kappa shape index (κ1) is 7.51. The van der Waals surface area contributed by atoms with Gasteiger partial charge in [-0.15, -0.1) is 0 Å². The molecule has 0 bridgehead atoms. The molecule has 0 aromatic heterocycles. The van der Waals surface area contributed by atoms with Crippen LogP contribution in [0.1, 0.15) is 0 Å². The Morgan fingerprint density at radius 3 is 3.18 bits per heavy atom. The molecule has 0 saturated heterocycles. The van der Waals surface area contributed by atoms with E-state index in [0.29, 0.717) is 5.57 Å². The molecule has 1 aliphatic rings. The minimum atomic E-state index is -0.423. The molecule has 0 N–H and O–H groups in total. The number of ether oxygens (including phenoxy) is 1. The minimum absolute atomic E-state index is 0.331. The summed E-state index contributed by atoms with van der Waals surface area (Å²) in [6, 6.07) is 0. The highest BCUT2D eigenvalue weighted by atomic mass is 16.5. The van der Waals surface area contributed by atoms with Crippen molar-refractivity contribution >= 4 is 11.8 Å². The van der Waals surface area contributed by atoms with Crippen LogP contribution in [0.5, 0.6) is 0 Å². The van der Waals surface area contributed by atoms with E-state index in [2.05, 4.69) is 15.6 Å². The molecular weight excluding hydrogens is 142 g/mol. The highest BCUT2D eigenvalue weighted by Gasteiger charge is 2.04. The standard InChI is InChI=1S/C8H7NO2/c1-11-8(10)7-4-2-3-5-9-6-7/h2-5H,1H3. The van der Waals surface area contributed by atoms with Crippen LogP contribution in [0.2, 0.25) is 0 Å². The van der Waals surface area contributed by atoms with Crippen molar-refractivity contribution in [1.29, 1.82) is 0 Å². The van der Waals surface area contributed by atoms with Gasteiger partial charge in [-0.3, -0.25) is 0 Å². The van der Waals surface area contributed by atoms with Crippen molar-refractivity contribution in [3.8, 4) is 0 Å². The molecule has 0 aromatic carbocycles. The van der Waals surface area contributed by atoms with Crippen molar-refractivity contribution < 1.29 is 9.53 Å². The third kappa shape index (κ3) is 1.92. The van der Waals surface area contributed by atoms with Crippen LogP contribution in [-0.4, -0.2) is 18.9 Å². The van der Waals surface area contributed by atoms with E-state index in [4.69, 9.17) is 0 Å². The molecule has 0 spiro atoms. The Bertz CT molecular complexity index is 280. The number of carbonyl (C=O) groups excluding carboxylic acids is 1. The van der Waals surface area contributed by atoms with Gasteiger partial charge in [0.2, 0.25) is 0 Å². The van der Waals surface area contributed by atoms with Crippen LogP contribution >= 0.6 is 0 Å². The zero-order chi connectivity index (χ0) is 8.10. The van der Waals surface area contributed by atoms with E-state index < -0.39 is 5.97 Å². The molecule has 1 aliphatic heterocycles. The number of rotatable bonds is 1. The molecule has 0 aliphatic carbocycles. The summed E-state index contributed by atoms with van der Waals surface area (Å²) in [5, 5.41) is 0. The maximum atomic E-state index is 10.9. The molecule has 0 aromatic rings. The first-order valence-electron chi connectivity index (χ1n) is 3.09. The van der Waals surface area contributed by atoms with Gasteiger partial charge in [0.1, 0.15) is 5.57 Å². The van der Waals surface area contributed by atoms with Gasteiger partial charge in [0.05, 0.1) is 7.11 Å². The van der Waals surface area contributed by atoms with Crippen molar-refractivity contribution in [2.75, 3.05) is 7.11 Å². The van der Waals surface area contributed by atoms with Crippen molar-refractivity contribution in [2.24, 2.45) is 4.99 Å². The average molecular weight is 149 g/mol. The molecule has 3 heteroatoms. The molecule has 3 nitrogen and oxygen atoms in total. The Kier molecular flexibility index (Phi) is 2.42. The second-order valence-corrected chi connectivity index (χ2v) is 1.85. The van der Waals surface area contributed by atoms with Crippen molar-refractivity contribution in [3.63, 3.8) is 0 Å². The van der Waals surface area contributed by atoms with Crippen LogP contribution in [0.15, 0.2) is 35.0 Å². The van der Waals surface area contributed by atoms with Crippen LogP contribution < -0.4 is 0 Å². The van der Waals surface area contributed by atoms with Gasteiger partial charge in [-0.1, -0.05) is 6.08 Å². The fraction of sp³-hybridized carbons (Fsp3) is 0.125. The van der Waals surface area contributed by atoms with E-state index in [1.807, 2.05) is 0 Å². The largest absolute Gasteiger partial charge is 0.465 e. The van der Waals surface area contributed by atoms with E-state index in [9.17, 15) is 4.79 Å². The molecule has 0 amide bonds. The fourth-order valence-corrected chi connectivity index (χ4v) is 0.612. The number of nitrogens with zero attached hydrogens (tertiary/aromatic N) is 1. The summed E-state index contributed by atoms with van der Waals surface area (Å²) in [6.07, 6.45) is 6.56. The van der Waals surface area contributed by atoms with E-state index in [1.54, 1.807) is 24.4 Å². The second kappa shape index (κ2) is 3.54. The lowest BCUT2D eigenvalue weighted by atomic mass is 10.3. The maximum Gasteiger partial charge on any atom is 0.347 e. The third-order valence-corrected chi connectivity index (χ3v) is 1.12. The molecule has 0 fully saturated rings. The van der Waals surface area contributed by atoms with E-state index >= 15 is 0 Å². The molecular formula is C8H7NO2. The van der Waals surface area contributed by atoms with Crippen LogP contribution in [-0.2, 0) is 9.53 Å². The molecule has 1 heterocycles. The van der Waals surface area contributed by atoms with Crippen molar-refractivity contribution in [2.45, 2.75) is 0 Å². The van der Waals surface area contributed by atoms with E-state index in [-0.39, 0.29) is 0 Å². The summed E-state index contributed by atoms with van der Waals surface area (Å²) in [5.74, 6) is 2.10. The quantitative estimate of drug-likeness (QED) is 0.518. The third-order valence-electron chi connectivity index (χ3n) is 1.12. The van der Waals surface area contributed by atoms with Gasteiger partial charge < -0.3 is 4.74 Å². The smallest absolute Gasteiger partial charge is 0.347 e. The van der Waals surface area contributed by atoms with Crippen molar-refractivity contribution in [1.82, 2.24) is 0 Å². The molecule has 11 heavy (non-hydrogen) atoms. The van der Waals surface area contributed by atoms with Gasteiger partial charge in [-0.05, 0) is 12.2 Å². The second-order valence-electron chi connectivity index (χ2n) is 1.85. The highest BCUT2D eigenvalue weighted by molar-refractivity contribution is 6.01. The monoisotopic (exact) mass is 149 g/mol. The van der Waals surface area contributed by atoms with Gasteiger partial charge in [0.25, 0.3) is 0 Å². The Balaban J connectivity index is 2.89. The number of hydrogen-bond acceptors (Lipinski definition) is 3. The zero-order valence-corrected chi connectivity index (χ0v) is 6.07. The van der Waals surface area contributed by atoms with Gasteiger partial charge >= 0.3 is 5.97 Å². The van der Waals surface area contributed by atoms with Gasteiger partial charge in [-0.25, -0.2) is 9.79 Å². The Labute approximate surface area is 64.4 Å². The Hall–Kier alpha value is -1.60. The van der Waals surface area contributed by atoms with Crippen LogP contribution in [0.3, 0.4) is 0 Å². The molecule has 56 valence electrons. The summed E-state index contributed by atoms with van der Waals surface area (Å²) in [7, 11) is 1.32. The van der Waals surface area contributed by atoms with Crippen LogP contribution in [0, 0.1) is 0 Å². The SMILES string of the molecule is COC(=O)C1=C=NC=CC=C1. The lowest BCUT2D eigenvalue weighted by molar-refractivity contribution is -0.135. The minimum Gasteiger partial charge on any atom is -0.465 e. The molecule has 1 rings (SSSR count). The molecule has 0 atom stereocenters. The van der Waals surface area contributed by atoms with Crippen LogP contribution in [0.25, 0.3) is 0 Å². The van der Waals surface area contributed by atoms with Gasteiger partial charge in [0.15, 0.2) is 0 Å². The molecule has 0 saturated carbocycles. The lowest BCUT2D eigenvalue weighted by Crippen LogP contribution is -2.02. The lowest BCUT2D eigenvalue weighted by Gasteiger charge is -1.92. The summed E-state index contributed by atoms with van der Waals surface area (Å²) in [5.41, 5.74) is 0.331. The number of aliphatic imine (C=N–C) groups is 1. The number of allylic oxidation sites excluding steroid dienone is 2. The topological polar surface area (TPSA) is 38.7 Å². The number of methoxy groups -OCH3 is 1.